The molecule has 0 atom stereocenters. The summed E-state index contributed by atoms with van der Waals surface area (Å²) in [5.74, 6) is -0.196. The number of hydrogen-bond donors (Lipinski definition) is 1. The van der Waals surface area contributed by atoms with Crippen LogP contribution in [0, 0.1) is 0 Å². The highest BCUT2D eigenvalue weighted by Crippen LogP contribution is 1.98. The summed E-state index contributed by atoms with van der Waals surface area (Å²) in [6.07, 6.45) is 2.93. The van der Waals surface area contributed by atoms with Crippen molar-refractivity contribution in [1.82, 2.24) is 14.9 Å². The molecule has 1 saturated heterocycles. The van der Waals surface area contributed by atoms with E-state index >= 15 is 0 Å². The Morgan fingerprint density at radius 1 is 1.67 bits per heavy atom. The first kappa shape index (κ1) is 9.85. The van der Waals surface area contributed by atoms with Gasteiger partial charge in [0.2, 0.25) is 5.91 Å². The zero-order valence-corrected chi connectivity index (χ0v) is 8.05. The number of aromatic nitrogens is 2. The van der Waals surface area contributed by atoms with E-state index in [4.69, 9.17) is 4.74 Å². The molecule has 6 nitrogen and oxygen atoms in total. The van der Waals surface area contributed by atoms with Crippen LogP contribution in [0.2, 0.25) is 0 Å². The number of hydrogen-bond acceptors (Lipinski definition) is 4. The van der Waals surface area contributed by atoms with Gasteiger partial charge >= 0.3 is 5.69 Å². The molecule has 1 aliphatic heterocycles. The van der Waals surface area contributed by atoms with Crippen molar-refractivity contribution in [3.8, 4) is 0 Å². The minimum absolute atomic E-state index is 0.00315. The number of nitrogens with one attached hydrogen (secondary N) is 1. The molecule has 1 amide bonds. The van der Waals surface area contributed by atoms with Crippen LogP contribution >= 0.6 is 0 Å². The molecule has 15 heavy (non-hydrogen) atoms. The maximum Gasteiger partial charge on any atom is 0.347 e. The van der Waals surface area contributed by atoms with Crippen molar-refractivity contribution >= 4 is 5.91 Å². The van der Waals surface area contributed by atoms with Crippen molar-refractivity contribution in [2.75, 3.05) is 13.2 Å². The van der Waals surface area contributed by atoms with Crippen molar-refractivity contribution in [2.45, 2.75) is 12.6 Å². The lowest BCUT2D eigenvalue weighted by Gasteiger charge is -2.26. The second-order valence-corrected chi connectivity index (χ2v) is 3.33. The fourth-order valence-electron chi connectivity index (χ4n) is 1.25. The Morgan fingerprint density at radius 3 is 3.07 bits per heavy atom. The van der Waals surface area contributed by atoms with Crippen molar-refractivity contribution < 1.29 is 9.53 Å². The van der Waals surface area contributed by atoms with Gasteiger partial charge < -0.3 is 10.1 Å². The fraction of sp³-hybridized carbons (Fsp3) is 0.444. The zero-order valence-electron chi connectivity index (χ0n) is 8.05. The van der Waals surface area contributed by atoms with Gasteiger partial charge in [0.1, 0.15) is 6.54 Å². The molecule has 0 saturated carbocycles. The summed E-state index contributed by atoms with van der Waals surface area (Å²) in [6, 6.07) is 1.70. The molecule has 1 fully saturated rings. The van der Waals surface area contributed by atoms with Gasteiger partial charge in [0.05, 0.1) is 19.3 Å². The molecular weight excluding hydrogens is 198 g/mol. The Kier molecular flexibility index (Phi) is 2.77. The minimum atomic E-state index is -0.419. The average molecular weight is 209 g/mol. The van der Waals surface area contributed by atoms with E-state index < -0.39 is 5.69 Å². The van der Waals surface area contributed by atoms with Gasteiger partial charge in [0, 0.05) is 12.4 Å². The van der Waals surface area contributed by atoms with Crippen LogP contribution < -0.4 is 11.0 Å². The number of carbonyl (C=O) groups excluding carboxylic acids is 1. The molecule has 2 heterocycles. The predicted octanol–water partition coefficient (Wildman–Crippen LogP) is -1.24. The number of carbonyl (C=O) groups is 1. The second kappa shape index (κ2) is 4.22. The number of amides is 1. The highest BCUT2D eigenvalue weighted by molar-refractivity contribution is 5.76. The normalized spacial score (nSPS) is 15.7. The van der Waals surface area contributed by atoms with E-state index in [1.165, 1.54) is 17.0 Å². The van der Waals surface area contributed by atoms with Gasteiger partial charge in [0.15, 0.2) is 0 Å². The molecule has 80 valence electrons. The maximum absolute atomic E-state index is 11.4. The van der Waals surface area contributed by atoms with Gasteiger partial charge in [-0.3, -0.25) is 9.36 Å². The molecule has 2 rings (SSSR count). The molecule has 6 heteroatoms. The first-order chi connectivity index (χ1) is 7.25. The smallest absolute Gasteiger partial charge is 0.347 e. The molecule has 1 aliphatic rings. The highest BCUT2D eigenvalue weighted by atomic mass is 16.5. The van der Waals surface area contributed by atoms with Crippen LogP contribution in [0.3, 0.4) is 0 Å². The van der Waals surface area contributed by atoms with Crippen LogP contribution in [-0.4, -0.2) is 34.7 Å². The Morgan fingerprint density at radius 2 is 2.47 bits per heavy atom. The van der Waals surface area contributed by atoms with E-state index in [1.54, 1.807) is 6.07 Å². The Bertz CT molecular complexity index is 411. The first-order valence-electron chi connectivity index (χ1n) is 4.64. The SMILES string of the molecule is O=C(Cn1cccnc1=O)NC1COC1. The summed E-state index contributed by atoms with van der Waals surface area (Å²) in [5, 5.41) is 2.74. The van der Waals surface area contributed by atoms with E-state index in [0.717, 1.165) is 0 Å². The monoisotopic (exact) mass is 209 g/mol. The molecule has 0 bridgehead atoms. The van der Waals surface area contributed by atoms with E-state index in [9.17, 15) is 9.59 Å². The highest BCUT2D eigenvalue weighted by Gasteiger charge is 2.20. The summed E-state index contributed by atoms with van der Waals surface area (Å²) in [4.78, 5) is 26.1. The Labute approximate surface area is 85.9 Å². The fourth-order valence-corrected chi connectivity index (χ4v) is 1.25. The lowest BCUT2D eigenvalue weighted by molar-refractivity contribution is -0.125. The molecule has 0 spiro atoms. The summed E-state index contributed by atoms with van der Waals surface area (Å²) in [7, 11) is 0. The summed E-state index contributed by atoms with van der Waals surface area (Å²) in [5.41, 5.74) is -0.419. The topological polar surface area (TPSA) is 73.2 Å². The standard InChI is InChI=1S/C9H11N3O3/c13-8(11-7-5-15-6-7)4-12-3-1-2-10-9(12)14/h1-3,7H,4-6H2,(H,11,13). The van der Waals surface area contributed by atoms with E-state index in [2.05, 4.69) is 10.3 Å². The summed E-state index contributed by atoms with van der Waals surface area (Å²) >= 11 is 0. The van der Waals surface area contributed by atoms with Crippen LogP contribution in [0.15, 0.2) is 23.3 Å². The van der Waals surface area contributed by atoms with Crippen LogP contribution in [0.25, 0.3) is 0 Å². The van der Waals surface area contributed by atoms with E-state index in [1.807, 2.05) is 0 Å². The van der Waals surface area contributed by atoms with Crippen molar-refractivity contribution in [3.05, 3.63) is 28.9 Å². The Balaban J connectivity index is 1.93. The molecule has 1 aromatic rings. The van der Waals surface area contributed by atoms with E-state index in [0.29, 0.717) is 13.2 Å². The number of ether oxygens (including phenoxy) is 1. The third kappa shape index (κ3) is 2.41. The third-order valence-corrected chi connectivity index (χ3v) is 2.10. The second-order valence-electron chi connectivity index (χ2n) is 3.33. The predicted molar refractivity (Wildman–Crippen MR) is 51.2 cm³/mol. The zero-order chi connectivity index (χ0) is 10.7. The quantitative estimate of drug-likeness (QED) is 0.675. The lowest BCUT2D eigenvalue weighted by Crippen LogP contribution is -2.50. The number of nitrogens with zero attached hydrogens (tertiary/aromatic N) is 2. The third-order valence-electron chi connectivity index (χ3n) is 2.10. The molecular formula is C9H11N3O3. The molecule has 1 N–H and O–H groups in total. The van der Waals surface area contributed by atoms with Crippen molar-refractivity contribution in [2.24, 2.45) is 0 Å². The van der Waals surface area contributed by atoms with Crippen LogP contribution in [-0.2, 0) is 16.1 Å². The van der Waals surface area contributed by atoms with Gasteiger partial charge in [-0.2, -0.15) is 0 Å². The van der Waals surface area contributed by atoms with Crippen LogP contribution in [0.5, 0.6) is 0 Å². The Hall–Kier alpha value is -1.69. The largest absolute Gasteiger partial charge is 0.377 e. The van der Waals surface area contributed by atoms with Crippen molar-refractivity contribution in [3.63, 3.8) is 0 Å². The number of rotatable bonds is 3. The molecule has 0 aromatic carbocycles. The first-order valence-corrected chi connectivity index (χ1v) is 4.64. The molecule has 0 radical (unpaired) electrons. The van der Waals surface area contributed by atoms with Gasteiger partial charge in [-0.05, 0) is 6.07 Å². The average Bonchev–Trinajstić information content (AvgIpc) is 2.16. The summed E-state index contributed by atoms with van der Waals surface area (Å²) in [6.45, 7) is 1.10. The van der Waals surface area contributed by atoms with E-state index in [-0.39, 0.29) is 18.5 Å². The molecule has 0 unspecified atom stereocenters. The van der Waals surface area contributed by atoms with Gasteiger partial charge in [-0.15, -0.1) is 0 Å². The summed E-state index contributed by atoms with van der Waals surface area (Å²) < 4.78 is 6.17. The van der Waals surface area contributed by atoms with Gasteiger partial charge in [-0.25, -0.2) is 9.78 Å². The maximum atomic E-state index is 11.4. The van der Waals surface area contributed by atoms with Crippen LogP contribution in [0.1, 0.15) is 0 Å². The van der Waals surface area contributed by atoms with Crippen molar-refractivity contribution in [1.29, 1.82) is 0 Å². The van der Waals surface area contributed by atoms with Crippen LogP contribution in [0.4, 0.5) is 0 Å². The molecule has 0 aliphatic carbocycles. The lowest BCUT2D eigenvalue weighted by atomic mass is 10.2. The molecule has 1 aromatic heterocycles. The van der Waals surface area contributed by atoms with Gasteiger partial charge in [-0.1, -0.05) is 0 Å². The van der Waals surface area contributed by atoms with Gasteiger partial charge in [0.25, 0.3) is 0 Å². The minimum Gasteiger partial charge on any atom is -0.377 e.